The van der Waals surface area contributed by atoms with Crippen LogP contribution in [0.2, 0.25) is 0 Å². The molecule has 0 spiro atoms. The highest BCUT2D eigenvalue weighted by molar-refractivity contribution is 5.76. The molecule has 158 valence electrons. The van der Waals surface area contributed by atoms with Crippen LogP contribution in [0.15, 0.2) is 60.7 Å². The SMILES string of the molecule is O=C[C@@H]1CN([C@@H](C(=O)OCc2ccccc2)C2CCCCC2)C[C@@H]1c1ccccc1. The molecule has 1 aliphatic carbocycles. The quantitative estimate of drug-likeness (QED) is 0.499. The van der Waals surface area contributed by atoms with Gasteiger partial charge >= 0.3 is 5.97 Å². The van der Waals surface area contributed by atoms with Gasteiger partial charge in [-0.2, -0.15) is 0 Å². The summed E-state index contributed by atoms with van der Waals surface area (Å²) in [7, 11) is 0. The molecule has 2 fully saturated rings. The number of rotatable bonds is 7. The standard InChI is InChI=1S/C26H31NO3/c28-18-23-16-27(17-24(23)21-12-6-2-7-13-21)25(22-14-8-3-9-15-22)26(29)30-19-20-10-4-1-5-11-20/h1-2,4-7,10-13,18,22-25H,3,8-9,14-17,19H2/t23-,24+,25+/m0/s1. The molecule has 1 heterocycles. The summed E-state index contributed by atoms with van der Waals surface area (Å²) < 4.78 is 5.80. The predicted octanol–water partition coefficient (Wildman–Crippen LogP) is 4.59. The Kier molecular flexibility index (Phi) is 6.96. The lowest BCUT2D eigenvalue weighted by Crippen LogP contribution is -2.46. The maximum atomic E-state index is 13.3. The van der Waals surface area contributed by atoms with Gasteiger partial charge in [0.2, 0.25) is 0 Å². The first-order chi connectivity index (χ1) is 14.8. The van der Waals surface area contributed by atoms with E-state index in [1.807, 2.05) is 48.5 Å². The summed E-state index contributed by atoms with van der Waals surface area (Å²) >= 11 is 0. The minimum atomic E-state index is -0.259. The lowest BCUT2D eigenvalue weighted by molar-refractivity contribution is -0.154. The summed E-state index contributed by atoms with van der Waals surface area (Å²) in [5, 5.41) is 0. The molecule has 0 amide bonds. The van der Waals surface area contributed by atoms with E-state index in [4.69, 9.17) is 4.74 Å². The average Bonchev–Trinajstić information content (AvgIpc) is 3.24. The topological polar surface area (TPSA) is 46.6 Å². The number of carbonyl (C=O) groups excluding carboxylic acids is 2. The molecule has 1 aliphatic heterocycles. The molecule has 0 bridgehead atoms. The van der Waals surface area contributed by atoms with Gasteiger partial charge in [-0.15, -0.1) is 0 Å². The summed E-state index contributed by atoms with van der Waals surface area (Å²) in [5.41, 5.74) is 2.18. The Morgan fingerprint density at radius 1 is 0.967 bits per heavy atom. The largest absolute Gasteiger partial charge is 0.460 e. The van der Waals surface area contributed by atoms with Gasteiger partial charge < -0.3 is 9.53 Å². The Labute approximate surface area is 179 Å². The number of hydrogen-bond donors (Lipinski definition) is 0. The van der Waals surface area contributed by atoms with E-state index in [9.17, 15) is 9.59 Å². The Balaban J connectivity index is 1.51. The molecule has 0 aromatic heterocycles. The van der Waals surface area contributed by atoms with Crippen molar-refractivity contribution in [1.29, 1.82) is 0 Å². The van der Waals surface area contributed by atoms with Crippen molar-refractivity contribution < 1.29 is 14.3 Å². The number of carbonyl (C=O) groups is 2. The minimum absolute atomic E-state index is 0.0830. The summed E-state index contributed by atoms with van der Waals surface area (Å²) in [6.07, 6.45) is 6.77. The van der Waals surface area contributed by atoms with E-state index in [-0.39, 0.29) is 23.8 Å². The normalized spacial score (nSPS) is 23.7. The van der Waals surface area contributed by atoms with Crippen molar-refractivity contribution in [1.82, 2.24) is 4.90 Å². The van der Waals surface area contributed by atoms with E-state index in [0.717, 1.165) is 31.2 Å². The molecular formula is C26H31NO3. The molecule has 0 unspecified atom stereocenters. The summed E-state index contributed by atoms with van der Waals surface area (Å²) in [4.78, 5) is 27.4. The highest BCUT2D eigenvalue weighted by atomic mass is 16.5. The summed E-state index contributed by atoms with van der Waals surface area (Å²) in [6, 6.07) is 19.8. The zero-order valence-electron chi connectivity index (χ0n) is 17.5. The van der Waals surface area contributed by atoms with Crippen LogP contribution in [0.5, 0.6) is 0 Å². The molecule has 2 aromatic carbocycles. The third-order valence-electron chi connectivity index (χ3n) is 6.75. The third kappa shape index (κ3) is 4.81. The van der Waals surface area contributed by atoms with Crippen LogP contribution in [-0.2, 0) is 20.9 Å². The van der Waals surface area contributed by atoms with Crippen LogP contribution >= 0.6 is 0 Å². The van der Waals surface area contributed by atoms with Crippen molar-refractivity contribution >= 4 is 12.3 Å². The fourth-order valence-electron chi connectivity index (χ4n) is 5.18. The van der Waals surface area contributed by atoms with E-state index < -0.39 is 0 Å². The van der Waals surface area contributed by atoms with E-state index in [1.165, 1.54) is 24.8 Å². The van der Waals surface area contributed by atoms with Crippen LogP contribution in [0.1, 0.15) is 49.1 Å². The van der Waals surface area contributed by atoms with Crippen LogP contribution in [0.4, 0.5) is 0 Å². The van der Waals surface area contributed by atoms with Gasteiger partial charge in [-0.05, 0) is 29.9 Å². The van der Waals surface area contributed by atoms with Crippen molar-refractivity contribution in [3.05, 3.63) is 71.8 Å². The Bertz CT molecular complexity index is 817. The van der Waals surface area contributed by atoms with Crippen LogP contribution in [0.25, 0.3) is 0 Å². The van der Waals surface area contributed by atoms with Gasteiger partial charge in [0, 0.05) is 24.9 Å². The molecule has 4 rings (SSSR count). The van der Waals surface area contributed by atoms with Gasteiger partial charge in [-0.1, -0.05) is 79.9 Å². The summed E-state index contributed by atoms with van der Waals surface area (Å²) in [6.45, 7) is 1.66. The smallest absolute Gasteiger partial charge is 0.323 e. The molecule has 2 aromatic rings. The van der Waals surface area contributed by atoms with Gasteiger partial charge in [0.15, 0.2) is 0 Å². The van der Waals surface area contributed by atoms with E-state index in [2.05, 4.69) is 17.0 Å². The maximum absolute atomic E-state index is 13.3. The fourth-order valence-corrected chi connectivity index (χ4v) is 5.18. The first-order valence-corrected chi connectivity index (χ1v) is 11.2. The molecule has 2 aliphatic rings. The van der Waals surface area contributed by atoms with Gasteiger partial charge in [-0.3, -0.25) is 9.69 Å². The molecule has 4 nitrogen and oxygen atoms in total. The van der Waals surface area contributed by atoms with Crippen LogP contribution in [0, 0.1) is 11.8 Å². The minimum Gasteiger partial charge on any atom is -0.460 e. The number of ether oxygens (including phenoxy) is 1. The monoisotopic (exact) mass is 405 g/mol. The Hall–Kier alpha value is -2.46. The number of aldehydes is 1. The number of esters is 1. The first kappa shape index (κ1) is 20.8. The Morgan fingerprint density at radius 3 is 2.30 bits per heavy atom. The van der Waals surface area contributed by atoms with Crippen molar-refractivity contribution in [2.45, 2.75) is 50.7 Å². The predicted molar refractivity (Wildman–Crippen MR) is 117 cm³/mol. The molecule has 1 saturated heterocycles. The highest BCUT2D eigenvalue weighted by Gasteiger charge is 2.43. The highest BCUT2D eigenvalue weighted by Crippen LogP contribution is 2.37. The molecule has 30 heavy (non-hydrogen) atoms. The third-order valence-corrected chi connectivity index (χ3v) is 6.75. The van der Waals surface area contributed by atoms with Gasteiger partial charge in [0.25, 0.3) is 0 Å². The lowest BCUT2D eigenvalue weighted by atomic mass is 9.83. The van der Waals surface area contributed by atoms with Crippen LogP contribution in [-0.4, -0.2) is 36.3 Å². The van der Waals surface area contributed by atoms with E-state index in [0.29, 0.717) is 19.1 Å². The van der Waals surface area contributed by atoms with Gasteiger partial charge in [0.05, 0.1) is 0 Å². The average molecular weight is 406 g/mol. The zero-order valence-corrected chi connectivity index (χ0v) is 17.5. The molecule has 0 N–H and O–H groups in total. The van der Waals surface area contributed by atoms with Crippen molar-refractivity contribution in [3.63, 3.8) is 0 Å². The maximum Gasteiger partial charge on any atom is 0.323 e. The number of likely N-dealkylation sites (tertiary alicyclic amines) is 1. The zero-order chi connectivity index (χ0) is 20.8. The summed E-state index contributed by atoms with van der Waals surface area (Å²) in [5.74, 6) is 0.227. The second-order valence-corrected chi connectivity index (χ2v) is 8.71. The molecule has 0 radical (unpaired) electrons. The Morgan fingerprint density at radius 2 is 1.63 bits per heavy atom. The number of hydrogen-bond acceptors (Lipinski definition) is 4. The lowest BCUT2D eigenvalue weighted by Gasteiger charge is -2.35. The molecule has 3 atom stereocenters. The van der Waals surface area contributed by atoms with Gasteiger partial charge in [-0.25, -0.2) is 0 Å². The van der Waals surface area contributed by atoms with Crippen molar-refractivity contribution in [2.24, 2.45) is 11.8 Å². The molecule has 4 heteroatoms. The van der Waals surface area contributed by atoms with E-state index >= 15 is 0 Å². The van der Waals surface area contributed by atoms with Gasteiger partial charge in [0.1, 0.15) is 18.9 Å². The second-order valence-electron chi connectivity index (χ2n) is 8.71. The van der Waals surface area contributed by atoms with Crippen LogP contribution in [0.3, 0.4) is 0 Å². The number of nitrogens with zero attached hydrogens (tertiary/aromatic N) is 1. The van der Waals surface area contributed by atoms with Crippen molar-refractivity contribution in [2.75, 3.05) is 13.1 Å². The number of benzene rings is 2. The van der Waals surface area contributed by atoms with Crippen LogP contribution < -0.4 is 0 Å². The van der Waals surface area contributed by atoms with Crippen molar-refractivity contribution in [3.8, 4) is 0 Å². The fraction of sp³-hybridized carbons (Fsp3) is 0.462. The molecule has 1 saturated carbocycles. The molecular weight excluding hydrogens is 374 g/mol. The first-order valence-electron chi connectivity index (χ1n) is 11.2. The second kappa shape index (κ2) is 10.0. The van der Waals surface area contributed by atoms with E-state index in [1.54, 1.807) is 0 Å².